The van der Waals surface area contributed by atoms with E-state index in [1.165, 1.54) is 5.56 Å². The number of benzene rings is 1. The smallest absolute Gasteiger partial charge is 0.171 e. The molecule has 16 heavy (non-hydrogen) atoms. The minimum Gasteiger partial charge on any atom is -0.359 e. The van der Waals surface area contributed by atoms with Crippen LogP contribution in [0.25, 0.3) is 0 Å². The molecule has 0 saturated heterocycles. The van der Waals surface area contributed by atoms with Crippen LogP contribution in [0.4, 0.5) is 5.69 Å². The van der Waals surface area contributed by atoms with Crippen molar-refractivity contribution in [2.24, 2.45) is 0 Å². The molecule has 4 heteroatoms. The van der Waals surface area contributed by atoms with Crippen LogP contribution in [-0.2, 0) is 6.42 Å². The van der Waals surface area contributed by atoms with Gasteiger partial charge < -0.3 is 10.6 Å². The average molecular weight is 299 g/mol. The zero-order valence-electron chi connectivity index (χ0n) is 9.22. The van der Waals surface area contributed by atoms with Gasteiger partial charge in [0.25, 0.3) is 0 Å². The maximum absolute atomic E-state index is 5.16. The van der Waals surface area contributed by atoms with Crippen molar-refractivity contribution in [3.63, 3.8) is 0 Å². The summed E-state index contributed by atoms with van der Waals surface area (Å²) in [5, 5.41) is 6.83. The van der Waals surface area contributed by atoms with E-state index in [1.54, 1.807) is 6.08 Å². The Labute approximate surface area is 110 Å². The summed E-state index contributed by atoms with van der Waals surface area (Å²) in [5.41, 5.74) is 2.28. The van der Waals surface area contributed by atoms with Gasteiger partial charge in [0.15, 0.2) is 5.11 Å². The lowest BCUT2D eigenvalue weighted by atomic mass is 10.1. The predicted octanol–water partition coefficient (Wildman–Crippen LogP) is 3.48. The number of halogens is 1. The van der Waals surface area contributed by atoms with E-state index in [2.05, 4.69) is 46.1 Å². The Morgan fingerprint density at radius 1 is 1.56 bits per heavy atom. The van der Waals surface area contributed by atoms with E-state index in [0.29, 0.717) is 11.7 Å². The van der Waals surface area contributed by atoms with E-state index < -0.39 is 0 Å². The zero-order valence-corrected chi connectivity index (χ0v) is 11.6. The molecule has 0 spiro atoms. The van der Waals surface area contributed by atoms with Crippen LogP contribution in [0.2, 0.25) is 0 Å². The molecule has 86 valence electrons. The molecule has 2 nitrogen and oxygen atoms in total. The fraction of sp³-hybridized carbons (Fsp3) is 0.250. The molecule has 0 heterocycles. The van der Waals surface area contributed by atoms with Gasteiger partial charge in [-0.2, -0.15) is 0 Å². The predicted molar refractivity (Wildman–Crippen MR) is 77.9 cm³/mol. The summed E-state index contributed by atoms with van der Waals surface area (Å²) in [5.74, 6) is 0. The first-order valence-corrected chi connectivity index (χ1v) is 6.31. The van der Waals surface area contributed by atoms with Gasteiger partial charge >= 0.3 is 0 Å². The largest absolute Gasteiger partial charge is 0.359 e. The average Bonchev–Trinajstić information content (AvgIpc) is 2.28. The van der Waals surface area contributed by atoms with Crippen molar-refractivity contribution >= 4 is 38.9 Å². The second kappa shape index (κ2) is 6.66. The van der Waals surface area contributed by atoms with Crippen molar-refractivity contribution in [1.29, 1.82) is 0 Å². The molecule has 1 aromatic rings. The van der Waals surface area contributed by atoms with Gasteiger partial charge in [0.1, 0.15) is 0 Å². The normalized spacial score (nSPS) is 9.62. The number of hydrogen-bond acceptors (Lipinski definition) is 1. The van der Waals surface area contributed by atoms with Gasteiger partial charge in [-0.1, -0.05) is 28.9 Å². The molecule has 0 fully saturated rings. The van der Waals surface area contributed by atoms with Crippen molar-refractivity contribution in [1.82, 2.24) is 5.32 Å². The summed E-state index contributed by atoms with van der Waals surface area (Å²) >= 11 is 8.62. The third-order valence-corrected chi connectivity index (χ3v) is 2.84. The standard InChI is InChI=1S/C12H15BrN2S/c1-3-7-14-12(16)15-11-6-5-10(13)8-9(11)4-2/h3,5-6,8H,1,4,7H2,2H3,(H2,14,15,16). The van der Waals surface area contributed by atoms with Gasteiger partial charge in [-0.15, -0.1) is 6.58 Å². The number of nitrogens with one attached hydrogen (secondary N) is 2. The molecule has 0 aliphatic carbocycles. The van der Waals surface area contributed by atoms with Crippen LogP contribution >= 0.6 is 28.1 Å². The van der Waals surface area contributed by atoms with Crippen LogP contribution in [0.15, 0.2) is 35.3 Å². The molecule has 0 unspecified atom stereocenters. The second-order valence-corrected chi connectivity index (χ2v) is 4.60. The van der Waals surface area contributed by atoms with E-state index in [9.17, 15) is 0 Å². The van der Waals surface area contributed by atoms with Gasteiger partial charge in [-0.05, 0) is 42.4 Å². The molecule has 1 aromatic carbocycles. The van der Waals surface area contributed by atoms with Crippen molar-refractivity contribution in [2.45, 2.75) is 13.3 Å². The van der Waals surface area contributed by atoms with E-state index in [1.807, 2.05) is 12.1 Å². The minimum absolute atomic E-state index is 0.622. The van der Waals surface area contributed by atoms with Crippen molar-refractivity contribution in [3.8, 4) is 0 Å². The number of rotatable bonds is 4. The maximum atomic E-state index is 5.16. The molecule has 0 amide bonds. The molecular formula is C12H15BrN2S. The third-order valence-electron chi connectivity index (χ3n) is 2.10. The van der Waals surface area contributed by atoms with Crippen LogP contribution in [0.3, 0.4) is 0 Å². The topological polar surface area (TPSA) is 24.1 Å². The number of aryl methyl sites for hydroxylation is 1. The third kappa shape index (κ3) is 3.94. The van der Waals surface area contributed by atoms with Gasteiger partial charge in [-0.3, -0.25) is 0 Å². The number of hydrogen-bond donors (Lipinski definition) is 2. The van der Waals surface area contributed by atoms with Crippen LogP contribution in [-0.4, -0.2) is 11.7 Å². The summed E-state index contributed by atoms with van der Waals surface area (Å²) in [6.07, 6.45) is 2.74. The van der Waals surface area contributed by atoms with Crippen molar-refractivity contribution in [2.75, 3.05) is 11.9 Å². The first-order valence-electron chi connectivity index (χ1n) is 5.11. The summed E-state index contributed by atoms with van der Waals surface area (Å²) in [6.45, 7) is 6.42. The summed E-state index contributed by atoms with van der Waals surface area (Å²) in [7, 11) is 0. The molecule has 0 radical (unpaired) electrons. The Bertz CT molecular complexity index is 391. The highest BCUT2D eigenvalue weighted by molar-refractivity contribution is 9.10. The molecule has 0 aromatic heterocycles. The van der Waals surface area contributed by atoms with E-state index in [0.717, 1.165) is 16.6 Å². The summed E-state index contributed by atoms with van der Waals surface area (Å²) in [4.78, 5) is 0. The van der Waals surface area contributed by atoms with Crippen LogP contribution < -0.4 is 10.6 Å². The Morgan fingerprint density at radius 3 is 2.94 bits per heavy atom. The molecule has 0 saturated carbocycles. The maximum Gasteiger partial charge on any atom is 0.171 e. The van der Waals surface area contributed by atoms with Gasteiger partial charge in [0.05, 0.1) is 0 Å². The van der Waals surface area contributed by atoms with Crippen molar-refractivity contribution < 1.29 is 0 Å². The Balaban J connectivity index is 2.72. The lowest BCUT2D eigenvalue weighted by Crippen LogP contribution is -2.28. The second-order valence-electron chi connectivity index (χ2n) is 3.28. The Kier molecular flexibility index (Phi) is 5.49. The quantitative estimate of drug-likeness (QED) is 0.657. The van der Waals surface area contributed by atoms with Gasteiger partial charge in [0.2, 0.25) is 0 Å². The van der Waals surface area contributed by atoms with Gasteiger partial charge in [0, 0.05) is 16.7 Å². The molecule has 2 N–H and O–H groups in total. The minimum atomic E-state index is 0.622. The lowest BCUT2D eigenvalue weighted by molar-refractivity contribution is 1.06. The van der Waals surface area contributed by atoms with Crippen LogP contribution in [0.5, 0.6) is 0 Å². The number of thiocarbonyl (C=S) groups is 1. The SMILES string of the molecule is C=CCNC(=S)Nc1ccc(Br)cc1CC. The van der Waals surface area contributed by atoms with Crippen LogP contribution in [0, 0.1) is 0 Å². The highest BCUT2D eigenvalue weighted by atomic mass is 79.9. The number of anilines is 1. The molecule has 1 rings (SSSR count). The summed E-state index contributed by atoms with van der Waals surface area (Å²) in [6, 6.07) is 6.11. The highest BCUT2D eigenvalue weighted by Crippen LogP contribution is 2.21. The first-order chi connectivity index (χ1) is 7.67. The van der Waals surface area contributed by atoms with Crippen molar-refractivity contribution in [3.05, 3.63) is 40.9 Å². The molecule has 0 atom stereocenters. The lowest BCUT2D eigenvalue weighted by Gasteiger charge is -2.12. The zero-order chi connectivity index (χ0) is 12.0. The Hall–Kier alpha value is -0.870. The van der Waals surface area contributed by atoms with Gasteiger partial charge in [-0.25, -0.2) is 0 Å². The fourth-order valence-corrected chi connectivity index (χ4v) is 1.91. The van der Waals surface area contributed by atoms with E-state index >= 15 is 0 Å². The molecule has 0 aliphatic heterocycles. The fourth-order valence-electron chi connectivity index (χ4n) is 1.31. The summed E-state index contributed by atoms with van der Waals surface area (Å²) < 4.78 is 1.08. The first kappa shape index (κ1) is 13.2. The Morgan fingerprint density at radius 2 is 2.31 bits per heavy atom. The molecule has 0 aliphatic rings. The molecular weight excluding hydrogens is 284 g/mol. The molecule has 0 bridgehead atoms. The van der Waals surface area contributed by atoms with Crippen LogP contribution in [0.1, 0.15) is 12.5 Å². The monoisotopic (exact) mass is 298 g/mol. The van der Waals surface area contributed by atoms with E-state index in [4.69, 9.17) is 12.2 Å². The highest BCUT2D eigenvalue weighted by Gasteiger charge is 2.02. The van der Waals surface area contributed by atoms with E-state index in [-0.39, 0.29) is 0 Å².